The highest BCUT2D eigenvalue weighted by atomic mass is 32.2. The van der Waals surface area contributed by atoms with E-state index in [1.807, 2.05) is 6.92 Å². The summed E-state index contributed by atoms with van der Waals surface area (Å²) in [5.74, 6) is 0.168. The molecular formula is C21H21N3O5S. The van der Waals surface area contributed by atoms with Crippen molar-refractivity contribution in [3.05, 3.63) is 82.3 Å². The van der Waals surface area contributed by atoms with Crippen LogP contribution in [0.3, 0.4) is 0 Å². The van der Waals surface area contributed by atoms with Gasteiger partial charge in [-0.2, -0.15) is 0 Å². The van der Waals surface area contributed by atoms with Crippen LogP contribution in [0.25, 0.3) is 0 Å². The Kier molecular flexibility index (Phi) is 6.22. The molecule has 0 aliphatic rings. The van der Waals surface area contributed by atoms with Crippen LogP contribution < -0.4 is 20.3 Å². The van der Waals surface area contributed by atoms with Gasteiger partial charge in [-0.1, -0.05) is 6.07 Å². The van der Waals surface area contributed by atoms with Gasteiger partial charge in [0.15, 0.2) is 0 Å². The predicted octanol–water partition coefficient (Wildman–Crippen LogP) is 3.14. The van der Waals surface area contributed by atoms with Crippen molar-refractivity contribution in [3.8, 4) is 5.75 Å². The van der Waals surface area contributed by atoms with Gasteiger partial charge in [0.2, 0.25) is 5.56 Å². The number of anilines is 2. The van der Waals surface area contributed by atoms with E-state index >= 15 is 0 Å². The molecule has 1 aromatic heterocycles. The van der Waals surface area contributed by atoms with Gasteiger partial charge in [-0.3, -0.25) is 14.3 Å². The van der Waals surface area contributed by atoms with Crippen molar-refractivity contribution in [1.29, 1.82) is 0 Å². The van der Waals surface area contributed by atoms with Crippen LogP contribution in [-0.4, -0.2) is 25.9 Å². The number of sulfonamides is 1. The fourth-order valence-electron chi connectivity index (χ4n) is 2.72. The Morgan fingerprint density at radius 3 is 2.37 bits per heavy atom. The second-order valence-corrected chi connectivity index (χ2v) is 8.09. The predicted molar refractivity (Wildman–Crippen MR) is 115 cm³/mol. The summed E-state index contributed by atoms with van der Waals surface area (Å²) >= 11 is 0. The SMILES string of the molecule is CCOc1ccc(NS(=O)(=O)c2cc(NC(=O)c3ccc(=O)[nH]c3)ccc2C)cc1. The van der Waals surface area contributed by atoms with Crippen LogP contribution in [0.15, 0.2) is 70.5 Å². The number of H-pyrrole nitrogens is 1. The standard InChI is InChI=1S/C21H21N3O5S/c1-3-29-18-9-7-16(8-10-18)24-30(27,28)19-12-17(6-4-14(19)2)23-21(26)15-5-11-20(25)22-13-15/h4-13,24H,3H2,1-2H3,(H,22,25)(H,23,26). The third kappa shape index (κ3) is 5.06. The van der Waals surface area contributed by atoms with Crippen molar-refractivity contribution < 1.29 is 17.9 Å². The molecule has 3 rings (SSSR count). The first-order valence-corrected chi connectivity index (χ1v) is 10.6. The van der Waals surface area contributed by atoms with Crippen LogP contribution in [0.2, 0.25) is 0 Å². The van der Waals surface area contributed by atoms with Crippen LogP contribution in [0.5, 0.6) is 5.75 Å². The molecule has 0 aliphatic carbocycles. The quantitative estimate of drug-likeness (QED) is 0.535. The van der Waals surface area contributed by atoms with E-state index in [0.29, 0.717) is 29.3 Å². The van der Waals surface area contributed by atoms with Crippen LogP contribution >= 0.6 is 0 Å². The zero-order chi connectivity index (χ0) is 21.7. The number of benzene rings is 2. The highest BCUT2D eigenvalue weighted by Gasteiger charge is 2.18. The zero-order valence-corrected chi connectivity index (χ0v) is 17.2. The van der Waals surface area contributed by atoms with E-state index in [9.17, 15) is 18.0 Å². The number of pyridine rings is 1. The highest BCUT2D eigenvalue weighted by Crippen LogP contribution is 2.24. The van der Waals surface area contributed by atoms with Gasteiger partial charge in [0, 0.05) is 23.6 Å². The van der Waals surface area contributed by atoms with Crippen LogP contribution in [0, 0.1) is 6.92 Å². The normalized spacial score (nSPS) is 11.0. The third-order valence-electron chi connectivity index (χ3n) is 4.20. The van der Waals surface area contributed by atoms with Crippen molar-refractivity contribution in [2.24, 2.45) is 0 Å². The van der Waals surface area contributed by atoms with Gasteiger partial charge in [-0.15, -0.1) is 0 Å². The molecule has 0 saturated heterocycles. The summed E-state index contributed by atoms with van der Waals surface area (Å²) in [6.07, 6.45) is 1.29. The Labute approximate surface area is 174 Å². The number of hydrogen-bond acceptors (Lipinski definition) is 5. The van der Waals surface area contributed by atoms with Crippen molar-refractivity contribution in [2.45, 2.75) is 18.7 Å². The summed E-state index contributed by atoms with van der Waals surface area (Å²) in [5, 5.41) is 2.63. The first kappa shape index (κ1) is 21.1. The molecule has 2 aromatic carbocycles. The van der Waals surface area contributed by atoms with Crippen molar-refractivity contribution >= 4 is 27.3 Å². The molecule has 0 saturated carbocycles. The van der Waals surface area contributed by atoms with Crippen molar-refractivity contribution in [1.82, 2.24) is 4.98 Å². The fraction of sp³-hybridized carbons (Fsp3) is 0.143. The number of aryl methyl sites for hydroxylation is 1. The molecule has 0 bridgehead atoms. The van der Waals surface area contributed by atoms with Gasteiger partial charge in [0.25, 0.3) is 15.9 Å². The van der Waals surface area contributed by atoms with Gasteiger partial charge in [-0.25, -0.2) is 8.42 Å². The lowest BCUT2D eigenvalue weighted by Crippen LogP contribution is -2.17. The number of nitrogens with one attached hydrogen (secondary N) is 3. The fourth-order valence-corrected chi connectivity index (χ4v) is 4.05. The van der Waals surface area contributed by atoms with Gasteiger partial charge in [-0.05, 0) is 61.9 Å². The second-order valence-electron chi connectivity index (χ2n) is 6.44. The smallest absolute Gasteiger partial charge is 0.262 e. The summed E-state index contributed by atoms with van der Waals surface area (Å²) in [6, 6.07) is 13.8. The molecule has 30 heavy (non-hydrogen) atoms. The lowest BCUT2D eigenvalue weighted by Gasteiger charge is -2.13. The molecule has 0 spiro atoms. The van der Waals surface area contributed by atoms with Crippen LogP contribution in [-0.2, 0) is 10.0 Å². The molecule has 1 amide bonds. The molecule has 0 atom stereocenters. The molecular weight excluding hydrogens is 406 g/mol. The van der Waals surface area contributed by atoms with Gasteiger partial charge >= 0.3 is 0 Å². The van der Waals surface area contributed by atoms with E-state index in [2.05, 4.69) is 15.0 Å². The van der Waals surface area contributed by atoms with Crippen LogP contribution in [0.4, 0.5) is 11.4 Å². The third-order valence-corrected chi connectivity index (χ3v) is 5.72. The first-order chi connectivity index (χ1) is 14.3. The summed E-state index contributed by atoms with van der Waals surface area (Å²) in [7, 11) is -3.89. The number of aromatic nitrogens is 1. The summed E-state index contributed by atoms with van der Waals surface area (Å²) in [5.41, 5.74) is 1.14. The lowest BCUT2D eigenvalue weighted by molar-refractivity contribution is 0.102. The van der Waals surface area contributed by atoms with Crippen LogP contribution in [0.1, 0.15) is 22.8 Å². The van der Waals surface area contributed by atoms with E-state index in [-0.39, 0.29) is 16.0 Å². The number of aromatic amines is 1. The maximum atomic E-state index is 12.9. The highest BCUT2D eigenvalue weighted by molar-refractivity contribution is 7.92. The molecule has 8 nitrogen and oxygen atoms in total. The zero-order valence-electron chi connectivity index (χ0n) is 16.4. The molecule has 156 valence electrons. The van der Waals surface area contributed by atoms with E-state index in [0.717, 1.165) is 0 Å². The maximum absolute atomic E-state index is 12.9. The Balaban J connectivity index is 1.81. The molecule has 3 aromatic rings. The Morgan fingerprint density at radius 1 is 1.03 bits per heavy atom. The number of carbonyl (C=O) groups is 1. The Morgan fingerprint density at radius 2 is 1.73 bits per heavy atom. The number of hydrogen-bond donors (Lipinski definition) is 3. The molecule has 1 heterocycles. The van der Waals surface area contributed by atoms with Crippen molar-refractivity contribution in [3.63, 3.8) is 0 Å². The second kappa shape index (κ2) is 8.83. The molecule has 3 N–H and O–H groups in total. The minimum absolute atomic E-state index is 0.0376. The summed E-state index contributed by atoms with van der Waals surface area (Å²) in [6.45, 7) is 4.05. The average Bonchev–Trinajstić information content (AvgIpc) is 2.71. The summed E-state index contributed by atoms with van der Waals surface area (Å²) < 4.78 is 33.6. The molecule has 0 aliphatic heterocycles. The molecule has 0 fully saturated rings. The monoisotopic (exact) mass is 427 g/mol. The number of carbonyl (C=O) groups excluding carboxylic acids is 1. The minimum atomic E-state index is -3.89. The first-order valence-electron chi connectivity index (χ1n) is 9.15. The van der Waals surface area contributed by atoms with Gasteiger partial charge < -0.3 is 15.0 Å². The number of amides is 1. The lowest BCUT2D eigenvalue weighted by atomic mass is 10.2. The van der Waals surface area contributed by atoms with E-state index in [1.165, 1.54) is 24.4 Å². The Hall–Kier alpha value is -3.59. The number of ether oxygens (including phenoxy) is 1. The summed E-state index contributed by atoms with van der Waals surface area (Å²) in [4.78, 5) is 25.9. The van der Waals surface area contributed by atoms with E-state index in [1.54, 1.807) is 43.3 Å². The average molecular weight is 427 g/mol. The molecule has 0 unspecified atom stereocenters. The molecule has 0 radical (unpaired) electrons. The molecule has 9 heteroatoms. The Bertz CT molecular complexity index is 1200. The topological polar surface area (TPSA) is 117 Å². The van der Waals surface area contributed by atoms with E-state index < -0.39 is 15.9 Å². The minimum Gasteiger partial charge on any atom is -0.494 e. The number of rotatable bonds is 7. The van der Waals surface area contributed by atoms with Gasteiger partial charge in [0.05, 0.1) is 17.1 Å². The van der Waals surface area contributed by atoms with E-state index in [4.69, 9.17) is 4.74 Å². The maximum Gasteiger partial charge on any atom is 0.262 e. The van der Waals surface area contributed by atoms with Gasteiger partial charge in [0.1, 0.15) is 5.75 Å². The van der Waals surface area contributed by atoms with Crippen molar-refractivity contribution in [2.75, 3.05) is 16.6 Å². The largest absolute Gasteiger partial charge is 0.494 e.